The summed E-state index contributed by atoms with van der Waals surface area (Å²) in [5.74, 6) is 1.00. The molecule has 0 spiro atoms. The summed E-state index contributed by atoms with van der Waals surface area (Å²) in [4.78, 5) is 30.0. The number of nitrogens with zero attached hydrogens (tertiary/aromatic N) is 5. The SMILES string of the molecule is COc1ccc(Br)cc1/C=N\Nc1nc2c(c(=O)n(C)c(=O)n2C)n1Cc1ccc(C)cc1. The van der Waals surface area contributed by atoms with E-state index in [2.05, 4.69) is 31.4 Å². The third kappa shape index (κ3) is 4.34. The molecular weight excluding hydrogens is 488 g/mol. The number of hydrogen-bond acceptors (Lipinski definition) is 6. The smallest absolute Gasteiger partial charge is 0.332 e. The summed E-state index contributed by atoms with van der Waals surface area (Å²) >= 11 is 3.45. The number of hydrazone groups is 1. The summed E-state index contributed by atoms with van der Waals surface area (Å²) in [5, 5.41) is 4.32. The maximum atomic E-state index is 13.0. The van der Waals surface area contributed by atoms with Crippen LogP contribution in [-0.4, -0.2) is 32.0 Å². The van der Waals surface area contributed by atoms with E-state index < -0.39 is 11.2 Å². The fraction of sp³-hybridized carbons (Fsp3) is 0.217. The first kappa shape index (κ1) is 22.5. The summed E-state index contributed by atoms with van der Waals surface area (Å²) < 4.78 is 10.4. The second-order valence-corrected chi connectivity index (χ2v) is 8.56. The minimum atomic E-state index is -0.443. The van der Waals surface area contributed by atoms with Gasteiger partial charge in [0.15, 0.2) is 11.2 Å². The first-order chi connectivity index (χ1) is 15.8. The molecule has 4 rings (SSSR count). The molecule has 10 heteroatoms. The molecule has 2 heterocycles. The summed E-state index contributed by atoms with van der Waals surface area (Å²) in [5.41, 5.74) is 5.55. The Morgan fingerprint density at radius 1 is 1.12 bits per heavy atom. The van der Waals surface area contributed by atoms with Crippen molar-refractivity contribution in [2.75, 3.05) is 12.5 Å². The number of hydrogen-bond donors (Lipinski definition) is 1. The van der Waals surface area contributed by atoms with Crippen molar-refractivity contribution in [3.8, 4) is 5.75 Å². The average molecular weight is 511 g/mol. The van der Waals surface area contributed by atoms with Crippen molar-refractivity contribution in [3.05, 3.63) is 84.5 Å². The van der Waals surface area contributed by atoms with Crippen molar-refractivity contribution >= 4 is 39.3 Å². The van der Waals surface area contributed by atoms with Crippen LogP contribution < -0.4 is 21.4 Å². The maximum absolute atomic E-state index is 13.0. The number of anilines is 1. The van der Waals surface area contributed by atoms with Crippen LogP contribution in [0.2, 0.25) is 0 Å². The van der Waals surface area contributed by atoms with Gasteiger partial charge in [0.2, 0.25) is 5.95 Å². The van der Waals surface area contributed by atoms with Crippen molar-refractivity contribution in [2.24, 2.45) is 19.2 Å². The number of ether oxygens (including phenoxy) is 1. The van der Waals surface area contributed by atoms with Crippen LogP contribution >= 0.6 is 15.9 Å². The summed E-state index contributed by atoms with van der Waals surface area (Å²) in [6.45, 7) is 2.39. The maximum Gasteiger partial charge on any atom is 0.332 e. The number of benzene rings is 2. The lowest BCUT2D eigenvalue weighted by Crippen LogP contribution is -2.37. The number of nitrogens with one attached hydrogen (secondary N) is 1. The minimum Gasteiger partial charge on any atom is -0.496 e. The summed E-state index contributed by atoms with van der Waals surface area (Å²) in [6.07, 6.45) is 1.61. The third-order valence-corrected chi connectivity index (χ3v) is 5.86. The Morgan fingerprint density at radius 2 is 1.85 bits per heavy atom. The fourth-order valence-electron chi connectivity index (χ4n) is 3.53. The number of fused-ring (bicyclic) bond motifs is 1. The van der Waals surface area contributed by atoms with E-state index in [9.17, 15) is 9.59 Å². The molecule has 0 fully saturated rings. The van der Waals surface area contributed by atoms with Crippen LogP contribution in [-0.2, 0) is 20.6 Å². The average Bonchev–Trinajstić information content (AvgIpc) is 3.16. The number of methoxy groups -OCH3 is 1. The number of aryl methyl sites for hydroxylation is 2. The fourth-order valence-corrected chi connectivity index (χ4v) is 3.91. The number of aromatic nitrogens is 4. The molecule has 33 heavy (non-hydrogen) atoms. The predicted octanol–water partition coefficient (Wildman–Crippen LogP) is 3.01. The molecule has 0 saturated heterocycles. The van der Waals surface area contributed by atoms with Crippen molar-refractivity contribution in [1.29, 1.82) is 0 Å². The van der Waals surface area contributed by atoms with Crippen molar-refractivity contribution < 1.29 is 4.74 Å². The molecule has 0 bridgehead atoms. The van der Waals surface area contributed by atoms with Crippen LogP contribution in [0.5, 0.6) is 5.75 Å². The van der Waals surface area contributed by atoms with E-state index >= 15 is 0 Å². The van der Waals surface area contributed by atoms with Gasteiger partial charge in [-0.2, -0.15) is 10.1 Å². The van der Waals surface area contributed by atoms with Gasteiger partial charge in [0.05, 0.1) is 19.9 Å². The van der Waals surface area contributed by atoms with Crippen LogP contribution in [0, 0.1) is 6.92 Å². The Kier molecular flexibility index (Phi) is 6.19. The van der Waals surface area contributed by atoms with Crippen LogP contribution in [0.3, 0.4) is 0 Å². The Labute approximate surface area is 198 Å². The normalized spacial score (nSPS) is 11.4. The zero-order chi connectivity index (χ0) is 23.7. The highest BCUT2D eigenvalue weighted by molar-refractivity contribution is 9.10. The predicted molar refractivity (Wildman–Crippen MR) is 132 cm³/mol. The zero-order valence-corrected chi connectivity index (χ0v) is 20.3. The van der Waals surface area contributed by atoms with E-state index in [1.54, 1.807) is 24.9 Å². The van der Waals surface area contributed by atoms with E-state index in [1.165, 1.54) is 11.6 Å². The van der Waals surface area contributed by atoms with Crippen molar-refractivity contribution in [3.63, 3.8) is 0 Å². The van der Waals surface area contributed by atoms with Gasteiger partial charge in [-0.15, -0.1) is 0 Å². The van der Waals surface area contributed by atoms with Crippen LogP contribution in [0.25, 0.3) is 11.2 Å². The van der Waals surface area contributed by atoms with E-state index in [4.69, 9.17) is 4.74 Å². The van der Waals surface area contributed by atoms with Gasteiger partial charge < -0.3 is 4.74 Å². The lowest BCUT2D eigenvalue weighted by molar-refractivity contribution is 0.414. The molecule has 0 aliphatic carbocycles. The lowest BCUT2D eigenvalue weighted by atomic mass is 10.1. The number of imidazole rings is 1. The second kappa shape index (κ2) is 9.07. The lowest BCUT2D eigenvalue weighted by Gasteiger charge is -2.10. The standard InChI is InChI=1S/C23H23BrN6O3/c1-14-5-7-15(8-6-14)13-30-19-20(28(2)23(32)29(3)21(19)31)26-22(30)27-25-12-16-11-17(24)9-10-18(16)33-4/h5-12H,13H2,1-4H3,(H,26,27)/b25-12-. The summed E-state index contributed by atoms with van der Waals surface area (Å²) in [7, 11) is 4.64. The molecule has 0 aliphatic rings. The highest BCUT2D eigenvalue weighted by Gasteiger charge is 2.19. The van der Waals surface area contributed by atoms with Gasteiger partial charge >= 0.3 is 5.69 Å². The number of halogens is 1. The van der Waals surface area contributed by atoms with Crippen LogP contribution in [0.15, 0.2) is 61.6 Å². The molecule has 2 aromatic carbocycles. The molecule has 2 aromatic heterocycles. The molecule has 9 nitrogen and oxygen atoms in total. The van der Waals surface area contributed by atoms with Gasteiger partial charge in [-0.05, 0) is 30.7 Å². The molecule has 1 N–H and O–H groups in total. The van der Waals surface area contributed by atoms with Gasteiger partial charge in [-0.3, -0.25) is 18.5 Å². The highest BCUT2D eigenvalue weighted by Crippen LogP contribution is 2.22. The van der Waals surface area contributed by atoms with E-state index in [0.717, 1.165) is 25.7 Å². The minimum absolute atomic E-state index is 0.285. The topological polar surface area (TPSA) is 95.4 Å². The van der Waals surface area contributed by atoms with E-state index in [-0.39, 0.29) is 5.65 Å². The Bertz CT molecular complexity index is 1480. The monoisotopic (exact) mass is 510 g/mol. The molecule has 0 unspecified atom stereocenters. The zero-order valence-electron chi connectivity index (χ0n) is 18.7. The van der Waals surface area contributed by atoms with E-state index in [0.29, 0.717) is 23.8 Å². The molecule has 0 amide bonds. The quantitative estimate of drug-likeness (QED) is 0.317. The first-order valence-electron chi connectivity index (χ1n) is 10.1. The Hall–Kier alpha value is -3.66. The van der Waals surface area contributed by atoms with Gasteiger partial charge in [-0.1, -0.05) is 45.8 Å². The van der Waals surface area contributed by atoms with Crippen molar-refractivity contribution in [2.45, 2.75) is 13.5 Å². The largest absolute Gasteiger partial charge is 0.496 e. The van der Waals surface area contributed by atoms with Crippen LogP contribution in [0.4, 0.5) is 5.95 Å². The molecule has 0 saturated carbocycles. The Morgan fingerprint density at radius 3 is 2.55 bits per heavy atom. The molecular formula is C23H23BrN6O3. The van der Waals surface area contributed by atoms with Gasteiger partial charge in [0.1, 0.15) is 5.75 Å². The molecule has 0 atom stereocenters. The van der Waals surface area contributed by atoms with Gasteiger partial charge in [-0.25, -0.2) is 10.2 Å². The highest BCUT2D eigenvalue weighted by atomic mass is 79.9. The molecule has 4 aromatic rings. The van der Waals surface area contributed by atoms with Gasteiger partial charge in [0, 0.05) is 24.1 Å². The molecule has 170 valence electrons. The second-order valence-electron chi connectivity index (χ2n) is 7.64. The van der Waals surface area contributed by atoms with Gasteiger partial charge in [0.25, 0.3) is 5.56 Å². The van der Waals surface area contributed by atoms with E-state index in [1.807, 2.05) is 49.4 Å². The Balaban J connectivity index is 1.81. The van der Waals surface area contributed by atoms with Crippen LogP contribution in [0.1, 0.15) is 16.7 Å². The van der Waals surface area contributed by atoms with Crippen molar-refractivity contribution in [1.82, 2.24) is 18.7 Å². The summed E-state index contributed by atoms with van der Waals surface area (Å²) in [6, 6.07) is 13.6. The third-order valence-electron chi connectivity index (χ3n) is 5.37. The first-order valence-corrected chi connectivity index (χ1v) is 10.9. The molecule has 0 radical (unpaired) electrons. The molecule has 0 aliphatic heterocycles. The number of rotatable bonds is 6.